The highest BCUT2D eigenvalue weighted by Crippen LogP contribution is 2.16. The molecule has 1 heterocycles. The number of aliphatic hydroxyl groups excluding tert-OH is 1. The average molecular weight is 272 g/mol. The van der Waals surface area contributed by atoms with Crippen molar-refractivity contribution in [3.63, 3.8) is 0 Å². The first kappa shape index (κ1) is 16.2. The number of amides is 1. The molecule has 1 aliphatic rings. The monoisotopic (exact) mass is 272 g/mol. The van der Waals surface area contributed by atoms with Crippen molar-refractivity contribution in [2.45, 2.75) is 45.6 Å². The largest absolute Gasteiger partial charge is 0.444 e. The predicted octanol–water partition coefficient (Wildman–Crippen LogP) is 1.61. The van der Waals surface area contributed by atoms with E-state index in [-0.39, 0.29) is 12.7 Å². The van der Waals surface area contributed by atoms with Crippen molar-refractivity contribution in [3.8, 4) is 0 Å². The normalized spacial score (nSPS) is 18.3. The van der Waals surface area contributed by atoms with Gasteiger partial charge in [0, 0.05) is 19.7 Å². The molecule has 1 fully saturated rings. The SMILES string of the molecule is CC(C)(C)OC(=O)NCC1CCN(CCCO)CC1. The minimum Gasteiger partial charge on any atom is -0.444 e. The van der Waals surface area contributed by atoms with Crippen LogP contribution < -0.4 is 5.32 Å². The number of hydrogen-bond acceptors (Lipinski definition) is 4. The lowest BCUT2D eigenvalue weighted by Gasteiger charge is -2.32. The van der Waals surface area contributed by atoms with E-state index in [0.29, 0.717) is 12.5 Å². The van der Waals surface area contributed by atoms with Gasteiger partial charge in [-0.15, -0.1) is 0 Å². The number of likely N-dealkylation sites (tertiary alicyclic amines) is 1. The number of nitrogens with zero attached hydrogens (tertiary/aromatic N) is 1. The topological polar surface area (TPSA) is 61.8 Å². The fourth-order valence-corrected chi connectivity index (χ4v) is 2.25. The van der Waals surface area contributed by atoms with Gasteiger partial charge in [0.05, 0.1) is 0 Å². The third-order valence-electron chi connectivity index (χ3n) is 3.27. The number of rotatable bonds is 5. The maximum Gasteiger partial charge on any atom is 0.407 e. The summed E-state index contributed by atoms with van der Waals surface area (Å²) in [6.07, 6.45) is 2.72. The fourth-order valence-electron chi connectivity index (χ4n) is 2.25. The molecule has 0 radical (unpaired) electrons. The number of piperidine rings is 1. The van der Waals surface area contributed by atoms with Crippen LogP contribution in [0.25, 0.3) is 0 Å². The molecule has 5 heteroatoms. The zero-order valence-corrected chi connectivity index (χ0v) is 12.4. The van der Waals surface area contributed by atoms with Gasteiger partial charge in [-0.3, -0.25) is 0 Å². The predicted molar refractivity (Wildman–Crippen MR) is 75.1 cm³/mol. The molecule has 1 aliphatic heterocycles. The fraction of sp³-hybridized carbons (Fsp3) is 0.929. The van der Waals surface area contributed by atoms with Crippen LogP contribution in [0.15, 0.2) is 0 Å². The summed E-state index contributed by atoms with van der Waals surface area (Å²) >= 11 is 0. The lowest BCUT2D eigenvalue weighted by Crippen LogP contribution is -2.40. The molecule has 2 N–H and O–H groups in total. The summed E-state index contributed by atoms with van der Waals surface area (Å²) in [6, 6.07) is 0. The molecule has 0 aliphatic carbocycles. The Hall–Kier alpha value is -0.810. The van der Waals surface area contributed by atoms with Gasteiger partial charge in [0.1, 0.15) is 5.60 Å². The van der Waals surface area contributed by atoms with Crippen LogP contribution in [0.1, 0.15) is 40.0 Å². The second-order valence-electron chi connectivity index (χ2n) is 6.24. The lowest BCUT2D eigenvalue weighted by molar-refractivity contribution is 0.0509. The molecule has 0 unspecified atom stereocenters. The van der Waals surface area contributed by atoms with Crippen LogP contribution in [0.5, 0.6) is 0 Å². The van der Waals surface area contributed by atoms with E-state index < -0.39 is 5.60 Å². The summed E-state index contributed by atoms with van der Waals surface area (Å²) in [7, 11) is 0. The standard InChI is InChI=1S/C14H28N2O3/c1-14(2,3)19-13(18)15-11-12-5-8-16(9-6-12)7-4-10-17/h12,17H,4-11H2,1-3H3,(H,15,18). The molecule has 0 bridgehead atoms. The minimum atomic E-state index is -0.433. The molecule has 0 aromatic heterocycles. The van der Waals surface area contributed by atoms with Gasteiger partial charge in [-0.2, -0.15) is 0 Å². The molecule has 1 amide bonds. The highest BCUT2D eigenvalue weighted by Gasteiger charge is 2.21. The van der Waals surface area contributed by atoms with Gasteiger partial charge >= 0.3 is 6.09 Å². The molecular formula is C14H28N2O3. The summed E-state index contributed by atoms with van der Waals surface area (Å²) < 4.78 is 5.21. The molecule has 1 saturated heterocycles. The Balaban J connectivity index is 2.14. The van der Waals surface area contributed by atoms with Crippen molar-refractivity contribution in [2.75, 3.05) is 32.8 Å². The van der Waals surface area contributed by atoms with Crippen molar-refractivity contribution in [1.82, 2.24) is 10.2 Å². The van der Waals surface area contributed by atoms with Crippen molar-refractivity contribution >= 4 is 6.09 Å². The molecule has 112 valence electrons. The molecule has 0 spiro atoms. The Kier molecular flexibility index (Phi) is 6.58. The Morgan fingerprint density at radius 2 is 2.00 bits per heavy atom. The molecule has 5 nitrogen and oxygen atoms in total. The Bertz CT molecular complexity index is 268. The summed E-state index contributed by atoms with van der Waals surface area (Å²) in [4.78, 5) is 13.9. The number of ether oxygens (including phenoxy) is 1. The van der Waals surface area contributed by atoms with E-state index in [4.69, 9.17) is 9.84 Å². The smallest absolute Gasteiger partial charge is 0.407 e. The van der Waals surface area contributed by atoms with Crippen LogP contribution in [0.2, 0.25) is 0 Å². The van der Waals surface area contributed by atoms with Gasteiger partial charge in [0.2, 0.25) is 0 Å². The van der Waals surface area contributed by atoms with Gasteiger partial charge in [-0.25, -0.2) is 4.79 Å². The summed E-state index contributed by atoms with van der Waals surface area (Å²) in [5.41, 5.74) is -0.433. The first-order valence-electron chi connectivity index (χ1n) is 7.21. The van der Waals surface area contributed by atoms with E-state index in [0.717, 1.165) is 38.9 Å². The van der Waals surface area contributed by atoms with E-state index in [1.54, 1.807) is 0 Å². The Morgan fingerprint density at radius 1 is 1.37 bits per heavy atom. The van der Waals surface area contributed by atoms with Crippen LogP contribution in [-0.2, 0) is 4.74 Å². The van der Waals surface area contributed by atoms with Crippen LogP contribution >= 0.6 is 0 Å². The van der Waals surface area contributed by atoms with Crippen LogP contribution in [0.4, 0.5) is 4.79 Å². The third-order valence-corrected chi connectivity index (χ3v) is 3.27. The quantitative estimate of drug-likeness (QED) is 0.798. The number of nitrogens with one attached hydrogen (secondary N) is 1. The van der Waals surface area contributed by atoms with Gasteiger partial charge < -0.3 is 20.1 Å². The highest BCUT2D eigenvalue weighted by molar-refractivity contribution is 5.67. The van der Waals surface area contributed by atoms with E-state index in [1.807, 2.05) is 20.8 Å². The molecule has 0 aromatic rings. The lowest BCUT2D eigenvalue weighted by atomic mass is 9.97. The zero-order valence-electron chi connectivity index (χ0n) is 12.4. The molecule has 1 rings (SSSR count). The molecule has 19 heavy (non-hydrogen) atoms. The molecule has 0 aromatic carbocycles. The second-order valence-corrected chi connectivity index (χ2v) is 6.24. The van der Waals surface area contributed by atoms with Crippen molar-refractivity contribution in [3.05, 3.63) is 0 Å². The van der Waals surface area contributed by atoms with Crippen LogP contribution in [0.3, 0.4) is 0 Å². The van der Waals surface area contributed by atoms with E-state index in [1.165, 1.54) is 0 Å². The van der Waals surface area contributed by atoms with Gasteiger partial charge in [-0.1, -0.05) is 0 Å². The van der Waals surface area contributed by atoms with Crippen molar-refractivity contribution < 1.29 is 14.6 Å². The van der Waals surface area contributed by atoms with Crippen LogP contribution in [-0.4, -0.2) is 54.5 Å². The molecular weight excluding hydrogens is 244 g/mol. The Labute approximate surface area is 116 Å². The zero-order chi connectivity index (χ0) is 14.3. The van der Waals surface area contributed by atoms with Crippen molar-refractivity contribution in [2.24, 2.45) is 5.92 Å². The maximum atomic E-state index is 11.5. The van der Waals surface area contributed by atoms with E-state index in [2.05, 4.69) is 10.2 Å². The number of hydrogen-bond donors (Lipinski definition) is 2. The first-order chi connectivity index (χ1) is 8.90. The summed E-state index contributed by atoms with van der Waals surface area (Å²) in [5, 5.41) is 11.6. The maximum absolute atomic E-state index is 11.5. The Morgan fingerprint density at radius 3 is 2.53 bits per heavy atom. The molecule has 0 saturated carbocycles. The average Bonchev–Trinajstić information content (AvgIpc) is 2.33. The third kappa shape index (κ3) is 7.38. The minimum absolute atomic E-state index is 0.264. The van der Waals surface area contributed by atoms with Gasteiger partial charge in [0.15, 0.2) is 0 Å². The number of carbonyl (C=O) groups is 1. The number of carbonyl (C=O) groups excluding carboxylic acids is 1. The molecule has 0 atom stereocenters. The number of alkyl carbamates (subject to hydrolysis) is 1. The second kappa shape index (κ2) is 7.70. The van der Waals surface area contributed by atoms with Crippen LogP contribution in [0, 0.1) is 5.92 Å². The highest BCUT2D eigenvalue weighted by atomic mass is 16.6. The van der Waals surface area contributed by atoms with Crippen molar-refractivity contribution in [1.29, 1.82) is 0 Å². The number of aliphatic hydroxyl groups is 1. The van der Waals surface area contributed by atoms with Gasteiger partial charge in [0.25, 0.3) is 0 Å². The summed E-state index contributed by atoms with van der Waals surface area (Å²) in [5.74, 6) is 0.540. The van der Waals surface area contributed by atoms with E-state index in [9.17, 15) is 4.79 Å². The first-order valence-corrected chi connectivity index (χ1v) is 7.21. The van der Waals surface area contributed by atoms with Gasteiger partial charge in [-0.05, 0) is 59.0 Å². The summed E-state index contributed by atoms with van der Waals surface area (Å²) in [6.45, 7) is 9.65. The van der Waals surface area contributed by atoms with E-state index >= 15 is 0 Å².